The lowest BCUT2D eigenvalue weighted by molar-refractivity contribution is 0.115. The molecule has 0 aliphatic carbocycles. The second-order valence-corrected chi connectivity index (χ2v) is 4.86. The molecule has 0 aromatic carbocycles. The molecule has 0 N–H and O–H groups in total. The van der Waals surface area contributed by atoms with E-state index in [-0.39, 0.29) is 0 Å². The molecule has 1 unspecified atom stereocenters. The Labute approximate surface area is 113 Å². The summed E-state index contributed by atoms with van der Waals surface area (Å²) in [7, 11) is 0. The molecular weight excluding hydrogens is 250 g/mol. The molecule has 5 heteroatoms. The van der Waals surface area contributed by atoms with Crippen LogP contribution in [-0.2, 0) is 10.6 Å². The van der Waals surface area contributed by atoms with Crippen LogP contribution in [0.5, 0.6) is 0 Å². The number of nitrogens with zero attached hydrogens (tertiary/aromatic N) is 3. The number of anilines is 1. The summed E-state index contributed by atoms with van der Waals surface area (Å²) >= 11 is 5.82. The summed E-state index contributed by atoms with van der Waals surface area (Å²) in [5.41, 5.74) is 1.95. The van der Waals surface area contributed by atoms with Crippen LogP contribution < -0.4 is 4.90 Å². The Morgan fingerprint density at radius 3 is 2.94 bits per heavy atom. The standard InChI is InChI=1S/C13H20ClN3O/c1-3-17(9-12-5-4-6-18-12)13-15-8-11(7-14)10(2)16-13/h8,12H,3-7,9H2,1-2H3. The number of aromatic nitrogens is 2. The van der Waals surface area contributed by atoms with E-state index >= 15 is 0 Å². The van der Waals surface area contributed by atoms with Crippen molar-refractivity contribution in [1.82, 2.24) is 9.97 Å². The van der Waals surface area contributed by atoms with Crippen LogP contribution in [0.2, 0.25) is 0 Å². The fourth-order valence-corrected chi connectivity index (χ4v) is 2.41. The lowest BCUT2D eigenvalue weighted by atomic mass is 10.2. The summed E-state index contributed by atoms with van der Waals surface area (Å²) in [6.07, 6.45) is 4.44. The van der Waals surface area contributed by atoms with E-state index in [1.165, 1.54) is 0 Å². The van der Waals surface area contributed by atoms with Crippen LogP contribution in [-0.4, -0.2) is 35.8 Å². The van der Waals surface area contributed by atoms with Crippen molar-refractivity contribution in [2.75, 3.05) is 24.6 Å². The average molecular weight is 270 g/mol. The van der Waals surface area contributed by atoms with E-state index in [0.717, 1.165) is 49.7 Å². The zero-order valence-corrected chi connectivity index (χ0v) is 11.8. The number of ether oxygens (including phenoxy) is 1. The van der Waals surface area contributed by atoms with Gasteiger partial charge in [0.25, 0.3) is 0 Å². The van der Waals surface area contributed by atoms with Gasteiger partial charge in [-0.3, -0.25) is 0 Å². The molecule has 1 atom stereocenters. The maximum Gasteiger partial charge on any atom is 0.225 e. The molecule has 2 rings (SSSR count). The minimum absolute atomic E-state index is 0.321. The smallest absolute Gasteiger partial charge is 0.225 e. The summed E-state index contributed by atoms with van der Waals surface area (Å²) in [5, 5.41) is 0. The van der Waals surface area contributed by atoms with Crippen molar-refractivity contribution in [1.29, 1.82) is 0 Å². The van der Waals surface area contributed by atoms with E-state index in [1.54, 1.807) is 0 Å². The topological polar surface area (TPSA) is 38.2 Å². The van der Waals surface area contributed by atoms with E-state index in [9.17, 15) is 0 Å². The van der Waals surface area contributed by atoms with Crippen LogP contribution in [0.25, 0.3) is 0 Å². The molecular formula is C13H20ClN3O. The van der Waals surface area contributed by atoms with Gasteiger partial charge in [-0.05, 0) is 26.7 Å². The SMILES string of the molecule is CCN(CC1CCCO1)c1ncc(CCl)c(C)n1. The van der Waals surface area contributed by atoms with Crippen molar-refractivity contribution in [3.8, 4) is 0 Å². The lowest BCUT2D eigenvalue weighted by Crippen LogP contribution is -2.33. The first-order valence-corrected chi connectivity index (χ1v) is 7.03. The highest BCUT2D eigenvalue weighted by Gasteiger charge is 2.20. The molecule has 1 aromatic rings. The first-order chi connectivity index (χ1) is 8.74. The number of halogens is 1. The number of likely N-dealkylation sites (N-methyl/N-ethyl adjacent to an activating group) is 1. The number of alkyl halides is 1. The predicted octanol–water partition coefficient (Wildman–Crippen LogP) is 2.53. The van der Waals surface area contributed by atoms with Crippen LogP contribution in [0, 0.1) is 6.92 Å². The zero-order valence-electron chi connectivity index (χ0n) is 11.0. The molecule has 0 radical (unpaired) electrons. The Morgan fingerprint density at radius 1 is 1.56 bits per heavy atom. The first-order valence-electron chi connectivity index (χ1n) is 6.49. The molecule has 1 saturated heterocycles. The van der Waals surface area contributed by atoms with Gasteiger partial charge in [-0.1, -0.05) is 0 Å². The van der Waals surface area contributed by atoms with Crippen molar-refractivity contribution in [2.24, 2.45) is 0 Å². The van der Waals surface area contributed by atoms with E-state index in [1.807, 2.05) is 13.1 Å². The molecule has 18 heavy (non-hydrogen) atoms. The van der Waals surface area contributed by atoms with Crippen LogP contribution in [0.4, 0.5) is 5.95 Å². The van der Waals surface area contributed by atoms with E-state index < -0.39 is 0 Å². The third-order valence-electron chi connectivity index (χ3n) is 3.32. The number of hydrogen-bond donors (Lipinski definition) is 0. The monoisotopic (exact) mass is 269 g/mol. The molecule has 2 heterocycles. The molecule has 0 spiro atoms. The Hall–Kier alpha value is -0.870. The zero-order chi connectivity index (χ0) is 13.0. The lowest BCUT2D eigenvalue weighted by Gasteiger charge is -2.24. The Morgan fingerprint density at radius 2 is 2.39 bits per heavy atom. The molecule has 1 fully saturated rings. The number of hydrogen-bond acceptors (Lipinski definition) is 4. The van der Waals surface area contributed by atoms with Crippen LogP contribution in [0.15, 0.2) is 6.20 Å². The van der Waals surface area contributed by atoms with Crippen molar-refractivity contribution in [3.05, 3.63) is 17.5 Å². The van der Waals surface area contributed by atoms with Crippen molar-refractivity contribution in [2.45, 2.75) is 38.7 Å². The van der Waals surface area contributed by atoms with Gasteiger partial charge in [0.1, 0.15) is 0 Å². The maximum absolute atomic E-state index is 5.82. The minimum atomic E-state index is 0.321. The van der Waals surface area contributed by atoms with Crippen LogP contribution in [0.1, 0.15) is 31.0 Å². The molecule has 1 aliphatic rings. The van der Waals surface area contributed by atoms with Gasteiger partial charge in [-0.2, -0.15) is 0 Å². The van der Waals surface area contributed by atoms with Crippen LogP contribution in [0.3, 0.4) is 0 Å². The third kappa shape index (κ3) is 3.12. The van der Waals surface area contributed by atoms with Gasteiger partial charge in [-0.25, -0.2) is 9.97 Å². The van der Waals surface area contributed by atoms with Gasteiger partial charge < -0.3 is 9.64 Å². The molecule has 100 valence electrons. The Kier molecular flexibility index (Phi) is 4.78. The summed E-state index contributed by atoms with van der Waals surface area (Å²) in [5.74, 6) is 1.24. The highest BCUT2D eigenvalue weighted by molar-refractivity contribution is 6.17. The van der Waals surface area contributed by atoms with Crippen molar-refractivity contribution < 1.29 is 4.74 Å². The van der Waals surface area contributed by atoms with E-state index in [2.05, 4.69) is 21.8 Å². The highest BCUT2D eigenvalue weighted by Crippen LogP contribution is 2.17. The predicted molar refractivity (Wildman–Crippen MR) is 73.2 cm³/mol. The summed E-state index contributed by atoms with van der Waals surface area (Å²) in [6, 6.07) is 0. The fourth-order valence-electron chi connectivity index (χ4n) is 2.15. The summed E-state index contributed by atoms with van der Waals surface area (Å²) < 4.78 is 5.66. The largest absolute Gasteiger partial charge is 0.376 e. The first kappa shape index (κ1) is 13.6. The quantitative estimate of drug-likeness (QED) is 0.770. The fraction of sp³-hybridized carbons (Fsp3) is 0.692. The van der Waals surface area contributed by atoms with E-state index in [4.69, 9.17) is 16.3 Å². The van der Waals surface area contributed by atoms with Gasteiger partial charge in [0.05, 0.1) is 12.0 Å². The van der Waals surface area contributed by atoms with Crippen molar-refractivity contribution >= 4 is 17.5 Å². The minimum Gasteiger partial charge on any atom is -0.376 e. The maximum atomic E-state index is 5.82. The van der Waals surface area contributed by atoms with Gasteiger partial charge in [-0.15, -0.1) is 11.6 Å². The van der Waals surface area contributed by atoms with Crippen molar-refractivity contribution in [3.63, 3.8) is 0 Å². The molecule has 1 aliphatic heterocycles. The Balaban J connectivity index is 2.08. The molecule has 0 bridgehead atoms. The number of rotatable bonds is 5. The molecule has 0 amide bonds. The summed E-state index contributed by atoms with van der Waals surface area (Å²) in [4.78, 5) is 11.1. The van der Waals surface area contributed by atoms with Gasteiger partial charge in [0, 0.05) is 37.2 Å². The molecule has 0 saturated carbocycles. The van der Waals surface area contributed by atoms with Gasteiger partial charge in [0.15, 0.2) is 0 Å². The Bertz CT molecular complexity index is 394. The third-order valence-corrected chi connectivity index (χ3v) is 3.61. The number of aryl methyl sites for hydroxylation is 1. The van der Waals surface area contributed by atoms with Gasteiger partial charge >= 0.3 is 0 Å². The molecule has 1 aromatic heterocycles. The van der Waals surface area contributed by atoms with E-state index in [0.29, 0.717) is 12.0 Å². The average Bonchev–Trinajstić information content (AvgIpc) is 2.88. The molecule has 4 nitrogen and oxygen atoms in total. The second kappa shape index (κ2) is 6.34. The summed E-state index contributed by atoms with van der Waals surface area (Å²) in [6.45, 7) is 6.73. The normalized spacial score (nSPS) is 19.2. The van der Waals surface area contributed by atoms with Crippen LogP contribution >= 0.6 is 11.6 Å². The highest BCUT2D eigenvalue weighted by atomic mass is 35.5. The second-order valence-electron chi connectivity index (χ2n) is 4.59. The van der Waals surface area contributed by atoms with Gasteiger partial charge in [0.2, 0.25) is 5.95 Å².